The Hall–Kier alpha value is -0.870. The van der Waals surface area contributed by atoms with Crippen LogP contribution in [0.15, 0.2) is 24.3 Å². The summed E-state index contributed by atoms with van der Waals surface area (Å²) in [4.78, 5) is 4.31. The molecule has 0 fully saturated rings. The van der Waals surface area contributed by atoms with Gasteiger partial charge in [-0.1, -0.05) is 46.4 Å². The standard InChI is InChI=1S/C13H10Cl4N2O/c1-18-13-3-2-7(14)11(19-13)6-20-12-5-9(16)8(15)4-10(12)17/h2-5H,6H2,1H3,(H,18,19). The van der Waals surface area contributed by atoms with Crippen molar-refractivity contribution in [2.24, 2.45) is 0 Å². The molecule has 0 aliphatic heterocycles. The number of hydrogen-bond donors (Lipinski definition) is 1. The van der Waals surface area contributed by atoms with E-state index in [9.17, 15) is 0 Å². The van der Waals surface area contributed by atoms with Gasteiger partial charge in [-0.2, -0.15) is 0 Å². The lowest BCUT2D eigenvalue weighted by atomic mass is 10.3. The van der Waals surface area contributed by atoms with Crippen molar-refractivity contribution in [3.05, 3.63) is 50.0 Å². The monoisotopic (exact) mass is 350 g/mol. The Morgan fingerprint density at radius 3 is 2.40 bits per heavy atom. The number of nitrogens with one attached hydrogen (secondary N) is 1. The van der Waals surface area contributed by atoms with Gasteiger partial charge in [0.25, 0.3) is 0 Å². The van der Waals surface area contributed by atoms with Crippen LogP contribution >= 0.6 is 46.4 Å². The minimum Gasteiger partial charge on any atom is -0.486 e. The average Bonchev–Trinajstić information content (AvgIpc) is 2.43. The lowest BCUT2D eigenvalue weighted by Crippen LogP contribution is -2.02. The van der Waals surface area contributed by atoms with Crippen molar-refractivity contribution in [1.29, 1.82) is 0 Å². The lowest BCUT2D eigenvalue weighted by Gasteiger charge is -2.11. The van der Waals surface area contributed by atoms with E-state index in [0.29, 0.717) is 37.4 Å². The molecule has 0 bridgehead atoms. The Balaban J connectivity index is 2.18. The number of anilines is 1. The van der Waals surface area contributed by atoms with Crippen LogP contribution < -0.4 is 10.1 Å². The molecule has 3 nitrogen and oxygen atoms in total. The number of hydrogen-bond acceptors (Lipinski definition) is 3. The summed E-state index contributed by atoms with van der Waals surface area (Å²) in [5.74, 6) is 1.13. The van der Waals surface area contributed by atoms with Crippen molar-refractivity contribution >= 4 is 52.2 Å². The largest absolute Gasteiger partial charge is 0.486 e. The highest BCUT2D eigenvalue weighted by Gasteiger charge is 2.09. The first kappa shape index (κ1) is 15.5. The Morgan fingerprint density at radius 1 is 1.00 bits per heavy atom. The molecule has 0 spiro atoms. The van der Waals surface area contributed by atoms with Gasteiger partial charge in [0, 0.05) is 13.1 Å². The molecule has 1 aromatic heterocycles. The molecule has 0 aliphatic rings. The van der Waals surface area contributed by atoms with Crippen LogP contribution in [0.3, 0.4) is 0 Å². The minimum absolute atomic E-state index is 0.173. The highest BCUT2D eigenvalue weighted by molar-refractivity contribution is 6.43. The van der Waals surface area contributed by atoms with Crippen molar-refractivity contribution < 1.29 is 4.74 Å². The number of nitrogens with zero attached hydrogens (tertiary/aromatic N) is 1. The average molecular weight is 352 g/mol. The quantitative estimate of drug-likeness (QED) is 0.757. The van der Waals surface area contributed by atoms with Crippen LogP contribution in [0.25, 0.3) is 0 Å². The maximum Gasteiger partial charge on any atom is 0.140 e. The molecule has 1 heterocycles. The maximum atomic E-state index is 6.07. The van der Waals surface area contributed by atoms with Gasteiger partial charge in [-0.05, 0) is 18.2 Å². The number of aromatic nitrogens is 1. The molecule has 0 atom stereocenters. The number of benzene rings is 1. The molecule has 0 amide bonds. The van der Waals surface area contributed by atoms with Gasteiger partial charge in [0.15, 0.2) is 0 Å². The molecule has 1 N–H and O–H groups in total. The molecule has 106 valence electrons. The second-order valence-corrected chi connectivity index (χ2v) is 5.49. The first-order chi connectivity index (χ1) is 9.51. The Bertz CT molecular complexity index is 634. The second kappa shape index (κ2) is 6.72. The van der Waals surface area contributed by atoms with Gasteiger partial charge in [0.2, 0.25) is 0 Å². The summed E-state index contributed by atoms with van der Waals surface area (Å²) in [5, 5.41) is 4.56. The zero-order chi connectivity index (χ0) is 14.7. The van der Waals surface area contributed by atoms with Gasteiger partial charge in [-0.3, -0.25) is 0 Å². The van der Waals surface area contributed by atoms with Gasteiger partial charge in [-0.15, -0.1) is 0 Å². The van der Waals surface area contributed by atoms with Crippen LogP contribution in [0.1, 0.15) is 5.69 Å². The number of ether oxygens (including phenoxy) is 1. The molecule has 0 unspecified atom stereocenters. The summed E-state index contributed by atoms with van der Waals surface area (Å²) >= 11 is 23.9. The molecule has 2 rings (SSSR count). The molecule has 2 aromatic rings. The van der Waals surface area contributed by atoms with Gasteiger partial charge in [0.1, 0.15) is 18.2 Å². The predicted molar refractivity (Wildman–Crippen MR) is 84.6 cm³/mol. The SMILES string of the molecule is CNc1ccc(Cl)c(COc2cc(Cl)c(Cl)cc2Cl)n1. The zero-order valence-corrected chi connectivity index (χ0v) is 13.4. The number of pyridine rings is 1. The second-order valence-electron chi connectivity index (χ2n) is 3.86. The van der Waals surface area contributed by atoms with E-state index < -0.39 is 0 Å². The summed E-state index contributed by atoms with van der Waals surface area (Å²) in [6.07, 6.45) is 0. The predicted octanol–water partition coefficient (Wildman–Crippen LogP) is 5.32. The molecular weight excluding hydrogens is 342 g/mol. The van der Waals surface area contributed by atoms with E-state index in [0.717, 1.165) is 0 Å². The van der Waals surface area contributed by atoms with E-state index in [-0.39, 0.29) is 6.61 Å². The van der Waals surface area contributed by atoms with E-state index in [4.69, 9.17) is 51.1 Å². The van der Waals surface area contributed by atoms with E-state index in [1.54, 1.807) is 25.2 Å². The number of rotatable bonds is 4. The van der Waals surface area contributed by atoms with E-state index in [2.05, 4.69) is 10.3 Å². The summed E-state index contributed by atoms with van der Waals surface area (Å²) in [6, 6.07) is 6.61. The van der Waals surface area contributed by atoms with E-state index in [1.165, 1.54) is 6.07 Å². The fourth-order valence-electron chi connectivity index (χ4n) is 1.49. The zero-order valence-electron chi connectivity index (χ0n) is 10.4. The molecule has 7 heteroatoms. The highest BCUT2D eigenvalue weighted by Crippen LogP contribution is 2.34. The van der Waals surface area contributed by atoms with E-state index >= 15 is 0 Å². The minimum atomic E-state index is 0.173. The lowest BCUT2D eigenvalue weighted by molar-refractivity contribution is 0.302. The smallest absolute Gasteiger partial charge is 0.140 e. The Kier molecular flexibility index (Phi) is 5.22. The van der Waals surface area contributed by atoms with Crippen molar-refractivity contribution in [2.45, 2.75) is 6.61 Å². The fraction of sp³-hybridized carbons (Fsp3) is 0.154. The Morgan fingerprint density at radius 2 is 1.70 bits per heavy atom. The normalized spacial score (nSPS) is 10.4. The van der Waals surface area contributed by atoms with Crippen molar-refractivity contribution in [3.8, 4) is 5.75 Å². The summed E-state index contributed by atoms with van der Waals surface area (Å²) < 4.78 is 5.59. The molecule has 0 saturated heterocycles. The first-order valence-electron chi connectivity index (χ1n) is 5.61. The van der Waals surface area contributed by atoms with Gasteiger partial charge < -0.3 is 10.1 Å². The fourth-order valence-corrected chi connectivity index (χ4v) is 2.24. The van der Waals surface area contributed by atoms with Crippen molar-refractivity contribution in [3.63, 3.8) is 0 Å². The van der Waals surface area contributed by atoms with Crippen LogP contribution in [0.4, 0.5) is 5.82 Å². The first-order valence-corrected chi connectivity index (χ1v) is 7.13. The summed E-state index contributed by atoms with van der Waals surface area (Å²) in [7, 11) is 1.77. The van der Waals surface area contributed by atoms with Crippen LogP contribution in [-0.2, 0) is 6.61 Å². The molecular formula is C13H10Cl4N2O. The molecule has 20 heavy (non-hydrogen) atoms. The van der Waals surface area contributed by atoms with Crippen LogP contribution in [0.5, 0.6) is 5.75 Å². The summed E-state index contributed by atoms with van der Waals surface area (Å²) in [6.45, 7) is 0.173. The van der Waals surface area contributed by atoms with E-state index in [1.807, 2.05) is 0 Å². The van der Waals surface area contributed by atoms with Crippen LogP contribution in [0, 0.1) is 0 Å². The summed E-state index contributed by atoms with van der Waals surface area (Å²) in [5.41, 5.74) is 0.598. The maximum absolute atomic E-state index is 6.07. The third-order valence-electron chi connectivity index (χ3n) is 2.51. The van der Waals surface area contributed by atoms with Gasteiger partial charge >= 0.3 is 0 Å². The third kappa shape index (κ3) is 3.61. The highest BCUT2D eigenvalue weighted by atomic mass is 35.5. The number of halogens is 4. The van der Waals surface area contributed by atoms with Crippen molar-refractivity contribution in [1.82, 2.24) is 4.98 Å². The molecule has 0 aliphatic carbocycles. The third-order valence-corrected chi connectivity index (χ3v) is 3.88. The Labute approximate surface area is 136 Å². The van der Waals surface area contributed by atoms with Crippen LogP contribution in [-0.4, -0.2) is 12.0 Å². The molecule has 0 saturated carbocycles. The van der Waals surface area contributed by atoms with Crippen LogP contribution in [0.2, 0.25) is 20.1 Å². The van der Waals surface area contributed by atoms with Gasteiger partial charge in [0.05, 0.1) is 25.8 Å². The molecule has 0 radical (unpaired) electrons. The topological polar surface area (TPSA) is 34.1 Å². The molecule has 1 aromatic carbocycles. The van der Waals surface area contributed by atoms with Crippen molar-refractivity contribution in [2.75, 3.05) is 12.4 Å². The van der Waals surface area contributed by atoms with Gasteiger partial charge in [-0.25, -0.2) is 4.98 Å².